The fourth-order valence-corrected chi connectivity index (χ4v) is 3.64. The Morgan fingerprint density at radius 2 is 2.16 bits per heavy atom. The highest BCUT2D eigenvalue weighted by molar-refractivity contribution is 7.15. The van der Waals surface area contributed by atoms with Gasteiger partial charge in [-0.1, -0.05) is 30.3 Å². The fraction of sp³-hybridized carbons (Fsp3) is 0.400. The van der Waals surface area contributed by atoms with E-state index in [2.05, 4.69) is 24.3 Å². The molecule has 1 aliphatic rings. The highest BCUT2D eigenvalue weighted by Gasteiger charge is 2.19. The molecule has 4 heteroatoms. The van der Waals surface area contributed by atoms with E-state index in [0.29, 0.717) is 12.5 Å². The molecule has 3 nitrogen and oxygen atoms in total. The second-order valence-corrected chi connectivity index (χ2v) is 5.97. The van der Waals surface area contributed by atoms with E-state index in [9.17, 15) is 0 Å². The van der Waals surface area contributed by atoms with Gasteiger partial charge >= 0.3 is 0 Å². The molecule has 1 aromatic carbocycles. The van der Waals surface area contributed by atoms with E-state index in [1.54, 1.807) is 11.3 Å². The third-order valence-corrected chi connectivity index (χ3v) is 4.63. The summed E-state index contributed by atoms with van der Waals surface area (Å²) in [6, 6.07) is 10.4. The Morgan fingerprint density at radius 1 is 1.32 bits per heavy atom. The summed E-state index contributed by atoms with van der Waals surface area (Å²) in [5, 5.41) is 1.19. The van der Waals surface area contributed by atoms with Crippen molar-refractivity contribution in [3.05, 3.63) is 41.0 Å². The number of rotatable bonds is 4. The van der Waals surface area contributed by atoms with E-state index in [1.165, 1.54) is 15.4 Å². The quantitative estimate of drug-likeness (QED) is 0.932. The molecule has 19 heavy (non-hydrogen) atoms. The van der Waals surface area contributed by atoms with Crippen LogP contribution in [0.3, 0.4) is 0 Å². The molecule has 1 aromatic heterocycles. The summed E-state index contributed by atoms with van der Waals surface area (Å²) in [5.74, 6) is 0.625. The summed E-state index contributed by atoms with van der Waals surface area (Å²) in [6.45, 7) is 2.27. The first-order valence-corrected chi connectivity index (χ1v) is 7.50. The van der Waals surface area contributed by atoms with Crippen molar-refractivity contribution in [2.75, 3.05) is 13.2 Å². The van der Waals surface area contributed by atoms with Gasteiger partial charge in [-0.3, -0.25) is 0 Å². The summed E-state index contributed by atoms with van der Waals surface area (Å²) < 4.78 is 5.43. The molecule has 1 unspecified atom stereocenters. The number of aromatic nitrogens is 1. The van der Waals surface area contributed by atoms with Gasteiger partial charge in [-0.05, 0) is 17.9 Å². The van der Waals surface area contributed by atoms with Crippen LogP contribution in [0.2, 0.25) is 0 Å². The van der Waals surface area contributed by atoms with Crippen LogP contribution in [0.4, 0.5) is 0 Å². The number of ether oxygens (including phenoxy) is 1. The smallest absolute Gasteiger partial charge is 0.0939 e. The van der Waals surface area contributed by atoms with Gasteiger partial charge in [-0.25, -0.2) is 4.98 Å². The second kappa shape index (κ2) is 5.82. The van der Waals surface area contributed by atoms with Crippen molar-refractivity contribution in [1.82, 2.24) is 4.98 Å². The Morgan fingerprint density at radius 3 is 2.84 bits per heavy atom. The highest BCUT2D eigenvalue weighted by Crippen LogP contribution is 2.32. The van der Waals surface area contributed by atoms with E-state index in [1.807, 2.05) is 6.07 Å². The van der Waals surface area contributed by atoms with Crippen LogP contribution in [0.25, 0.3) is 10.4 Å². The van der Waals surface area contributed by atoms with E-state index in [4.69, 9.17) is 15.5 Å². The molecule has 1 aliphatic heterocycles. The first-order chi connectivity index (χ1) is 9.36. The van der Waals surface area contributed by atoms with Crippen LogP contribution in [0.15, 0.2) is 30.3 Å². The molecule has 0 bridgehead atoms. The van der Waals surface area contributed by atoms with Gasteiger partial charge in [0, 0.05) is 26.2 Å². The number of nitrogens with zero attached hydrogens (tertiary/aromatic N) is 1. The zero-order chi connectivity index (χ0) is 13.1. The minimum absolute atomic E-state index is 0.502. The Bertz CT molecular complexity index is 532. The maximum absolute atomic E-state index is 5.83. The summed E-state index contributed by atoms with van der Waals surface area (Å²) in [4.78, 5) is 5.93. The van der Waals surface area contributed by atoms with Crippen LogP contribution < -0.4 is 5.73 Å². The van der Waals surface area contributed by atoms with Crippen molar-refractivity contribution in [2.45, 2.75) is 19.4 Å². The fourth-order valence-electron chi connectivity index (χ4n) is 2.43. The summed E-state index contributed by atoms with van der Waals surface area (Å²) in [7, 11) is 0. The standard InChI is InChI=1S/C15H18N2OS/c16-9-13-15(12-4-2-1-3-5-12)19-14(17-13)8-11-6-7-18-10-11/h1-5,11H,6-10,16H2. The number of nitrogens with two attached hydrogens (primary N) is 1. The predicted molar refractivity (Wildman–Crippen MR) is 78.1 cm³/mol. The Balaban J connectivity index is 1.85. The average Bonchev–Trinajstić information content (AvgIpc) is 3.09. The lowest BCUT2D eigenvalue weighted by Crippen LogP contribution is -2.04. The number of hydrogen-bond acceptors (Lipinski definition) is 4. The SMILES string of the molecule is NCc1nc(CC2CCOC2)sc1-c1ccccc1. The zero-order valence-corrected chi connectivity index (χ0v) is 11.7. The normalized spacial score (nSPS) is 18.9. The molecule has 2 N–H and O–H groups in total. The largest absolute Gasteiger partial charge is 0.381 e. The van der Waals surface area contributed by atoms with E-state index in [0.717, 1.165) is 31.7 Å². The van der Waals surface area contributed by atoms with Crippen molar-refractivity contribution >= 4 is 11.3 Å². The van der Waals surface area contributed by atoms with Crippen molar-refractivity contribution in [3.63, 3.8) is 0 Å². The van der Waals surface area contributed by atoms with Gasteiger partial charge in [0.15, 0.2) is 0 Å². The van der Waals surface area contributed by atoms with Crippen LogP contribution in [-0.4, -0.2) is 18.2 Å². The molecule has 3 rings (SSSR count). The third-order valence-electron chi connectivity index (χ3n) is 3.46. The van der Waals surface area contributed by atoms with Crippen molar-refractivity contribution in [2.24, 2.45) is 11.7 Å². The van der Waals surface area contributed by atoms with Gasteiger partial charge in [0.2, 0.25) is 0 Å². The Hall–Kier alpha value is -1.23. The summed E-state index contributed by atoms with van der Waals surface area (Å²) >= 11 is 1.78. The topological polar surface area (TPSA) is 48.1 Å². The molecule has 0 amide bonds. The first-order valence-electron chi connectivity index (χ1n) is 6.68. The Kier molecular flexibility index (Phi) is 3.92. The lowest BCUT2D eigenvalue weighted by molar-refractivity contribution is 0.186. The molecule has 2 aromatic rings. The average molecular weight is 274 g/mol. The van der Waals surface area contributed by atoms with E-state index in [-0.39, 0.29) is 0 Å². The second-order valence-electron chi connectivity index (χ2n) is 4.89. The molecule has 2 heterocycles. The maximum Gasteiger partial charge on any atom is 0.0939 e. The number of benzene rings is 1. The monoisotopic (exact) mass is 274 g/mol. The zero-order valence-electron chi connectivity index (χ0n) is 10.8. The van der Waals surface area contributed by atoms with Crippen LogP contribution in [0.1, 0.15) is 17.1 Å². The van der Waals surface area contributed by atoms with Gasteiger partial charge in [0.05, 0.1) is 15.6 Å². The van der Waals surface area contributed by atoms with Gasteiger partial charge in [-0.15, -0.1) is 11.3 Å². The minimum Gasteiger partial charge on any atom is -0.381 e. The molecule has 0 aliphatic carbocycles. The van der Waals surface area contributed by atoms with Crippen LogP contribution in [0.5, 0.6) is 0 Å². The predicted octanol–water partition coefficient (Wildman–Crippen LogP) is 2.85. The van der Waals surface area contributed by atoms with Gasteiger partial charge < -0.3 is 10.5 Å². The molecule has 0 saturated carbocycles. The number of thiazole rings is 1. The van der Waals surface area contributed by atoms with Gasteiger partial charge in [0.1, 0.15) is 0 Å². The van der Waals surface area contributed by atoms with Crippen molar-refractivity contribution in [1.29, 1.82) is 0 Å². The summed E-state index contributed by atoms with van der Waals surface area (Å²) in [6.07, 6.45) is 2.17. The Labute approximate surface area is 117 Å². The first kappa shape index (κ1) is 12.8. The van der Waals surface area contributed by atoms with E-state index >= 15 is 0 Å². The highest BCUT2D eigenvalue weighted by atomic mass is 32.1. The molecule has 1 atom stereocenters. The lowest BCUT2D eigenvalue weighted by atomic mass is 10.1. The maximum atomic E-state index is 5.83. The third kappa shape index (κ3) is 2.86. The minimum atomic E-state index is 0.502. The molecule has 0 radical (unpaired) electrons. The molecule has 1 fully saturated rings. The summed E-state index contributed by atoms with van der Waals surface area (Å²) in [5.41, 5.74) is 8.06. The number of hydrogen-bond donors (Lipinski definition) is 1. The van der Waals surface area contributed by atoms with Crippen LogP contribution >= 0.6 is 11.3 Å². The van der Waals surface area contributed by atoms with Crippen LogP contribution in [-0.2, 0) is 17.7 Å². The molecular weight excluding hydrogens is 256 g/mol. The van der Waals surface area contributed by atoms with Crippen molar-refractivity contribution in [3.8, 4) is 10.4 Å². The molecule has 100 valence electrons. The van der Waals surface area contributed by atoms with E-state index < -0.39 is 0 Å². The van der Waals surface area contributed by atoms with Gasteiger partial charge in [0.25, 0.3) is 0 Å². The molecule has 0 spiro atoms. The van der Waals surface area contributed by atoms with Crippen LogP contribution in [0, 0.1) is 5.92 Å². The van der Waals surface area contributed by atoms with Crippen molar-refractivity contribution < 1.29 is 4.74 Å². The van der Waals surface area contributed by atoms with Gasteiger partial charge in [-0.2, -0.15) is 0 Å². The lowest BCUT2D eigenvalue weighted by Gasteiger charge is -2.02. The molecule has 1 saturated heterocycles. The molecular formula is C15H18N2OS.